The molecule has 0 saturated carbocycles. The van der Waals surface area contributed by atoms with E-state index < -0.39 is 0 Å². The molecule has 0 bridgehead atoms. The number of likely N-dealkylation sites (N-methyl/N-ethyl adjacent to an activating group) is 1. The zero-order chi connectivity index (χ0) is 12.7. The van der Waals surface area contributed by atoms with Gasteiger partial charge in [0.25, 0.3) is 0 Å². The van der Waals surface area contributed by atoms with Crippen LogP contribution >= 0.6 is 0 Å². The van der Waals surface area contributed by atoms with Gasteiger partial charge >= 0.3 is 0 Å². The summed E-state index contributed by atoms with van der Waals surface area (Å²) in [5.41, 5.74) is 8.29. The molecule has 0 amide bonds. The SMILES string of the molecule is Cc1ccc2c(c1)CCN(C)c1cc(C)ccc1-2. The standard InChI is InChI=1S/C17H19N/c1-12-4-6-15-14(10-12)8-9-18(3)17-11-13(2)5-7-16(15)17/h4-7,10-11H,8-9H2,1-3H3. The molecule has 1 heterocycles. The Morgan fingerprint density at radius 1 is 0.889 bits per heavy atom. The van der Waals surface area contributed by atoms with Gasteiger partial charge in [-0.2, -0.15) is 0 Å². The van der Waals surface area contributed by atoms with E-state index in [9.17, 15) is 0 Å². The quantitative estimate of drug-likeness (QED) is 0.670. The van der Waals surface area contributed by atoms with Gasteiger partial charge in [-0.05, 0) is 43.0 Å². The highest BCUT2D eigenvalue weighted by Gasteiger charge is 2.17. The van der Waals surface area contributed by atoms with E-state index in [0.29, 0.717) is 0 Å². The number of rotatable bonds is 0. The van der Waals surface area contributed by atoms with E-state index in [1.54, 1.807) is 0 Å². The Bertz CT molecular complexity index is 599. The molecule has 2 aromatic rings. The summed E-state index contributed by atoms with van der Waals surface area (Å²) in [6.07, 6.45) is 1.13. The van der Waals surface area contributed by atoms with Gasteiger partial charge in [-0.25, -0.2) is 0 Å². The van der Waals surface area contributed by atoms with Crippen molar-refractivity contribution in [1.29, 1.82) is 0 Å². The molecule has 0 unspecified atom stereocenters. The van der Waals surface area contributed by atoms with Crippen LogP contribution in [0.1, 0.15) is 16.7 Å². The predicted molar refractivity (Wildman–Crippen MR) is 78.3 cm³/mol. The van der Waals surface area contributed by atoms with Gasteiger partial charge in [0.2, 0.25) is 0 Å². The minimum Gasteiger partial charge on any atom is -0.374 e. The smallest absolute Gasteiger partial charge is 0.0446 e. The van der Waals surface area contributed by atoms with Gasteiger partial charge in [0.15, 0.2) is 0 Å². The second-order valence-corrected chi connectivity index (χ2v) is 5.35. The fourth-order valence-corrected chi connectivity index (χ4v) is 2.79. The van der Waals surface area contributed by atoms with Crippen LogP contribution < -0.4 is 4.90 Å². The van der Waals surface area contributed by atoms with Crippen molar-refractivity contribution in [3.63, 3.8) is 0 Å². The van der Waals surface area contributed by atoms with E-state index in [0.717, 1.165) is 13.0 Å². The molecule has 0 spiro atoms. The lowest BCUT2D eigenvalue weighted by Gasteiger charge is -2.19. The highest BCUT2D eigenvalue weighted by molar-refractivity contribution is 5.82. The largest absolute Gasteiger partial charge is 0.374 e. The molecule has 18 heavy (non-hydrogen) atoms. The van der Waals surface area contributed by atoms with Crippen molar-refractivity contribution in [2.45, 2.75) is 20.3 Å². The van der Waals surface area contributed by atoms with Crippen molar-refractivity contribution in [1.82, 2.24) is 0 Å². The molecule has 1 heteroatoms. The van der Waals surface area contributed by atoms with E-state index >= 15 is 0 Å². The van der Waals surface area contributed by atoms with Gasteiger partial charge < -0.3 is 4.90 Å². The average molecular weight is 237 g/mol. The average Bonchev–Trinajstić information content (AvgIpc) is 2.48. The molecule has 92 valence electrons. The minimum atomic E-state index is 1.09. The van der Waals surface area contributed by atoms with Gasteiger partial charge in [0.1, 0.15) is 0 Å². The first-order valence-electron chi connectivity index (χ1n) is 6.57. The molecule has 0 radical (unpaired) electrons. The molecule has 1 aliphatic heterocycles. The zero-order valence-corrected chi connectivity index (χ0v) is 11.3. The molecule has 0 atom stereocenters. The first-order chi connectivity index (χ1) is 8.65. The van der Waals surface area contributed by atoms with Crippen LogP contribution in [0.3, 0.4) is 0 Å². The normalized spacial score (nSPS) is 13.8. The van der Waals surface area contributed by atoms with Crippen LogP contribution in [0, 0.1) is 13.8 Å². The Balaban J connectivity index is 2.26. The van der Waals surface area contributed by atoms with Crippen molar-refractivity contribution in [3.8, 4) is 11.1 Å². The third-order valence-corrected chi connectivity index (χ3v) is 3.83. The molecule has 3 rings (SSSR count). The number of fused-ring (bicyclic) bond motifs is 3. The van der Waals surface area contributed by atoms with Crippen molar-refractivity contribution >= 4 is 5.69 Å². The Kier molecular flexibility index (Phi) is 2.62. The van der Waals surface area contributed by atoms with Crippen molar-refractivity contribution in [3.05, 3.63) is 53.1 Å². The molecule has 1 nitrogen and oxygen atoms in total. The molecule has 0 fully saturated rings. The van der Waals surface area contributed by atoms with Crippen LogP contribution in [0.25, 0.3) is 11.1 Å². The molecular weight excluding hydrogens is 218 g/mol. The van der Waals surface area contributed by atoms with E-state index in [1.807, 2.05) is 0 Å². The van der Waals surface area contributed by atoms with Crippen LogP contribution in [0.5, 0.6) is 0 Å². The maximum absolute atomic E-state index is 2.37. The third-order valence-electron chi connectivity index (χ3n) is 3.83. The predicted octanol–water partition coefficient (Wildman–Crippen LogP) is 3.96. The molecule has 2 aromatic carbocycles. The molecule has 1 aliphatic rings. The Morgan fingerprint density at radius 2 is 1.56 bits per heavy atom. The molecular formula is C17H19N. The molecule has 0 aromatic heterocycles. The highest BCUT2D eigenvalue weighted by Crippen LogP contribution is 2.36. The Morgan fingerprint density at radius 3 is 2.33 bits per heavy atom. The summed E-state index contributed by atoms with van der Waals surface area (Å²) in [5, 5.41) is 0. The first kappa shape index (κ1) is 11.3. The lowest BCUT2D eigenvalue weighted by Crippen LogP contribution is -2.19. The number of hydrogen-bond acceptors (Lipinski definition) is 1. The van der Waals surface area contributed by atoms with Gasteiger partial charge in [-0.15, -0.1) is 0 Å². The van der Waals surface area contributed by atoms with E-state index in [4.69, 9.17) is 0 Å². The fraction of sp³-hybridized carbons (Fsp3) is 0.294. The zero-order valence-electron chi connectivity index (χ0n) is 11.3. The molecule has 0 saturated heterocycles. The Hall–Kier alpha value is -1.76. The second kappa shape index (κ2) is 4.16. The summed E-state index contributed by atoms with van der Waals surface area (Å²) in [6.45, 7) is 5.42. The topological polar surface area (TPSA) is 3.24 Å². The lowest BCUT2D eigenvalue weighted by atomic mass is 9.95. The summed E-state index contributed by atoms with van der Waals surface area (Å²) < 4.78 is 0. The van der Waals surface area contributed by atoms with Crippen LogP contribution in [0.15, 0.2) is 36.4 Å². The number of anilines is 1. The Labute approximate surface area is 109 Å². The van der Waals surface area contributed by atoms with Gasteiger partial charge in [0.05, 0.1) is 0 Å². The van der Waals surface area contributed by atoms with Crippen molar-refractivity contribution in [2.24, 2.45) is 0 Å². The van der Waals surface area contributed by atoms with E-state index in [-0.39, 0.29) is 0 Å². The minimum absolute atomic E-state index is 1.09. The number of benzene rings is 2. The number of nitrogens with zero attached hydrogens (tertiary/aromatic N) is 1. The second-order valence-electron chi connectivity index (χ2n) is 5.35. The van der Waals surface area contributed by atoms with Crippen LogP contribution in [0.4, 0.5) is 5.69 Å². The summed E-state index contributed by atoms with van der Waals surface area (Å²) in [4.78, 5) is 2.37. The summed E-state index contributed by atoms with van der Waals surface area (Å²) in [6, 6.07) is 13.6. The van der Waals surface area contributed by atoms with Crippen LogP contribution in [0.2, 0.25) is 0 Å². The van der Waals surface area contributed by atoms with Crippen LogP contribution in [-0.2, 0) is 6.42 Å². The molecule has 0 N–H and O–H groups in total. The molecule has 0 aliphatic carbocycles. The van der Waals surface area contributed by atoms with Gasteiger partial charge in [-0.1, -0.05) is 35.9 Å². The summed E-state index contributed by atoms with van der Waals surface area (Å²) in [7, 11) is 2.19. The maximum atomic E-state index is 2.37. The fourth-order valence-electron chi connectivity index (χ4n) is 2.79. The van der Waals surface area contributed by atoms with Crippen molar-refractivity contribution < 1.29 is 0 Å². The lowest BCUT2D eigenvalue weighted by molar-refractivity contribution is 0.888. The van der Waals surface area contributed by atoms with Gasteiger partial charge in [0, 0.05) is 24.8 Å². The van der Waals surface area contributed by atoms with Gasteiger partial charge in [-0.3, -0.25) is 0 Å². The summed E-state index contributed by atoms with van der Waals surface area (Å²) in [5.74, 6) is 0. The van der Waals surface area contributed by atoms with E-state index in [1.165, 1.54) is 33.5 Å². The highest BCUT2D eigenvalue weighted by atomic mass is 15.1. The summed E-state index contributed by atoms with van der Waals surface area (Å²) >= 11 is 0. The maximum Gasteiger partial charge on any atom is 0.0446 e. The van der Waals surface area contributed by atoms with E-state index in [2.05, 4.69) is 62.2 Å². The van der Waals surface area contributed by atoms with Crippen molar-refractivity contribution in [2.75, 3.05) is 18.5 Å². The van der Waals surface area contributed by atoms with Crippen LogP contribution in [-0.4, -0.2) is 13.6 Å². The number of hydrogen-bond donors (Lipinski definition) is 0. The monoisotopic (exact) mass is 237 g/mol. The third kappa shape index (κ3) is 1.80. The number of aryl methyl sites for hydroxylation is 2. The first-order valence-corrected chi connectivity index (χ1v) is 6.57.